The van der Waals surface area contributed by atoms with E-state index in [2.05, 4.69) is 5.32 Å². The van der Waals surface area contributed by atoms with Gasteiger partial charge in [0.1, 0.15) is 22.9 Å². The summed E-state index contributed by atoms with van der Waals surface area (Å²) in [7, 11) is 5.95. The summed E-state index contributed by atoms with van der Waals surface area (Å²) in [6.07, 6.45) is -0.729. The van der Waals surface area contributed by atoms with Gasteiger partial charge < -0.3 is 14.2 Å². The standard InChI is InChI=1S/C20H16N2O5S2/c1-25-13-8-9-14(16(10-13)26-2)22-15-11-28-29-18(15)17(19(22)23)21-20(24)27-12-6-4-3-5-7-12/h3-11H,1-2H3,(H,21,24). The zero-order valence-electron chi connectivity index (χ0n) is 15.5. The van der Waals surface area contributed by atoms with Crippen LogP contribution in [0.25, 0.3) is 16.3 Å². The van der Waals surface area contributed by atoms with Gasteiger partial charge in [0, 0.05) is 11.4 Å². The Morgan fingerprint density at radius 2 is 1.83 bits per heavy atom. The number of ether oxygens (including phenoxy) is 3. The van der Waals surface area contributed by atoms with Crippen LogP contribution in [0.5, 0.6) is 17.2 Å². The van der Waals surface area contributed by atoms with Crippen LogP contribution in [0.1, 0.15) is 0 Å². The molecule has 0 atom stereocenters. The molecule has 0 fully saturated rings. The molecule has 0 spiro atoms. The van der Waals surface area contributed by atoms with E-state index >= 15 is 0 Å². The first-order valence-corrected chi connectivity index (χ1v) is 10.7. The minimum absolute atomic E-state index is 0.171. The third-order valence-electron chi connectivity index (χ3n) is 4.22. The van der Waals surface area contributed by atoms with Crippen LogP contribution >= 0.6 is 20.7 Å². The number of nitrogens with zero attached hydrogens (tertiary/aromatic N) is 1. The molecule has 0 aromatic heterocycles. The van der Waals surface area contributed by atoms with E-state index in [-0.39, 0.29) is 11.2 Å². The number of rotatable bonds is 5. The van der Waals surface area contributed by atoms with Gasteiger partial charge in [-0.3, -0.25) is 14.7 Å². The van der Waals surface area contributed by atoms with Crippen LogP contribution in [0, 0.1) is 0 Å². The minimum atomic E-state index is -0.729. The number of benzene rings is 2. The van der Waals surface area contributed by atoms with Crippen molar-refractivity contribution in [2.24, 2.45) is 0 Å². The number of carbonyl (C=O) groups excluding carboxylic acids is 1. The summed E-state index contributed by atoms with van der Waals surface area (Å²) >= 11 is 0. The zero-order chi connectivity index (χ0) is 20.4. The predicted octanol–water partition coefficient (Wildman–Crippen LogP) is 4.69. The molecule has 0 radical (unpaired) electrons. The van der Waals surface area contributed by atoms with Crippen LogP contribution in [0.4, 0.5) is 10.5 Å². The second kappa shape index (κ2) is 7.98. The number of hydrogen-bond acceptors (Lipinski definition) is 7. The average molecular weight is 428 g/mol. The Labute approximate surface area is 173 Å². The second-order valence-corrected chi connectivity index (χ2v) is 7.97. The average Bonchev–Trinajstić information content (AvgIpc) is 3.30. The monoisotopic (exact) mass is 428 g/mol. The van der Waals surface area contributed by atoms with Crippen LogP contribution in [0.2, 0.25) is 0 Å². The molecule has 2 aliphatic rings. The van der Waals surface area contributed by atoms with E-state index in [0.29, 0.717) is 33.5 Å². The molecule has 7 nitrogen and oxygen atoms in total. The van der Waals surface area contributed by atoms with Crippen molar-refractivity contribution in [1.82, 2.24) is 4.57 Å². The highest BCUT2D eigenvalue weighted by molar-refractivity contribution is 7.70. The molecule has 0 unspecified atom stereocenters. The molecule has 148 valence electrons. The summed E-state index contributed by atoms with van der Waals surface area (Å²) in [6.45, 7) is 0. The Kier molecular flexibility index (Phi) is 5.24. The number of anilines is 1. The van der Waals surface area contributed by atoms with Crippen molar-refractivity contribution < 1.29 is 19.0 Å². The molecule has 0 saturated heterocycles. The van der Waals surface area contributed by atoms with E-state index in [1.54, 1.807) is 49.6 Å². The van der Waals surface area contributed by atoms with Crippen molar-refractivity contribution >= 4 is 32.5 Å². The number of carbonyl (C=O) groups is 1. The molecule has 9 heteroatoms. The topological polar surface area (TPSA) is 78.8 Å². The van der Waals surface area contributed by atoms with Crippen LogP contribution in [-0.4, -0.2) is 24.9 Å². The summed E-state index contributed by atoms with van der Waals surface area (Å²) in [5, 5.41) is 4.45. The highest BCUT2D eigenvalue weighted by atomic mass is 32.9. The second-order valence-electron chi connectivity index (χ2n) is 5.89. The fraction of sp³-hybridized carbons (Fsp3) is 0.100. The van der Waals surface area contributed by atoms with Crippen molar-refractivity contribution in [2.45, 2.75) is 0 Å². The van der Waals surface area contributed by atoms with Gasteiger partial charge in [0.25, 0.3) is 5.56 Å². The molecule has 4 rings (SSSR count). The number of aromatic nitrogens is 1. The smallest absolute Gasteiger partial charge is 0.417 e. The quantitative estimate of drug-likeness (QED) is 0.467. The lowest BCUT2D eigenvalue weighted by atomic mass is 10.2. The Bertz CT molecular complexity index is 1180. The fourth-order valence-corrected chi connectivity index (χ4v) is 5.10. The normalized spacial score (nSPS) is 10.7. The van der Waals surface area contributed by atoms with Crippen molar-refractivity contribution in [3.05, 3.63) is 64.3 Å². The van der Waals surface area contributed by atoms with E-state index in [1.807, 2.05) is 11.4 Å². The molecule has 1 N–H and O–H groups in total. The van der Waals surface area contributed by atoms with Gasteiger partial charge in [-0.25, -0.2) is 4.79 Å². The number of methoxy groups -OCH3 is 2. The number of nitrogens with one attached hydrogen (secondary N) is 1. The van der Waals surface area contributed by atoms with E-state index in [4.69, 9.17) is 14.2 Å². The van der Waals surface area contributed by atoms with Crippen LogP contribution in [-0.2, 0) is 0 Å². The van der Waals surface area contributed by atoms with Crippen molar-refractivity contribution in [2.75, 3.05) is 19.5 Å². The zero-order valence-corrected chi connectivity index (χ0v) is 17.1. The van der Waals surface area contributed by atoms with E-state index in [0.717, 1.165) is 0 Å². The first kappa shape index (κ1) is 19.0. The maximum absolute atomic E-state index is 13.2. The van der Waals surface area contributed by atoms with Gasteiger partial charge in [-0.1, -0.05) is 38.9 Å². The summed E-state index contributed by atoms with van der Waals surface area (Å²) in [5.41, 5.74) is 1.04. The number of para-hydroxylation sites is 1. The Morgan fingerprint density at radius 1 is 1.03 bits per heavy atom. The first-order valence-electron chi connectivity index (χ1n) is 8.51. The highest BCUT2D eigenvalue weighted by Gasteiger charge is 2.27. The lowest BCUT2D eigenvalue weighted by molar-refractivity contribution is 0.215. The van der Waals surface area contributed by atoms with Gasteiger partial charge in [0.2, 0.25) is 0 Å². The third-order valence-corrected chi connectivity index (χ3v) is 6.29. The minimum Gasteiger partial charge on any atom is -0.497 e. The number of fused-ring (bicyclic) bond motifs is 1. The maximum Gasteiger partial charge on any atom is 0.417 e. The SMILES string of the molecule is COc1ccc(-n2c3cssc-3c(NC(=O)Oc3ccccc3)c2=O)c(OC)c1. The van der Waals surface area contributed by atoms with E-state index in [1.165, 1.54) is 32.4 Å². The summed E-state index contributed by atoms with van der Waals surface area (Å²) < 4.78 is 17.4. The molecular weight excluding hydrogens is 412 g/mol. The lowest BCUT2D eigenvalue weighted by Gasteiger charge is -2.11. The third kappa shape index (κ3) is 3.57. The maximum atomic E-state index is 13.2. The number of hydrogen-bond donors (Lipinski definition) is 1. The summed E-state index contributed by atoms with van der Waals surface area (Å²) in [5.74, 6) is 1.48. The highest BCUT2D eigenvalue weighted by Crippen LogP contribution is 2.40. The number of amides is 1. The molecule has 0 bridgehead atoms. The van der Waals surface area contributed by atoms with Gasteiger partial charge in [-0.05, 0) is 24.3 Å². The summed E-state index contributed by atoms with van der Waals surface area (Å²) in [4.78, 5) is 26.2. The Balaban J connectivity index is 1.73. The summed E-state index contributed by atoms with van der Waals surface area (Å²) in [6, 6.07) is 13.8. The fourth-order valence-electron chi connectivity index (χ4n) is 2.90. The molecule has 1 amide bonds. The lowest BCUT2D eigenvalue weighted by Crippen LogP contribution is -2.23. The molecule has 0 aliphatic carbocycles. The predicted molar refractivity (Wildman–Crippen MR) is 114 cm³/mol. The molecule has 0 saturated carbocycles. The Hall–Kier alpha value is -3.30. The van der Waals surface area contributed by atoms with Gasteiger partial charge in [0.15, 0.2) is 0 Å². The molecule has 2 aromatic rings. The first-order chi connectivity index (χ1) is 14.1. The molecular formula is C20H16N2O5S2. The Morgan fingerprint density at radius 3 is 2.55 bits per heavy atom. The molecule has 2 heterocycles. The van der Waals surface area contributed by atoms with E-state index in [9.17, 15) is 9.59 Å². The van der Waals surface area contributed by atoms with Crippen LogP contribution in [0.3, 0.4) is 0 Å². The molecule has 29 heavy (non-hydrogen) atoms. The molecule has 2 aliphatic heterocycles. The largest absolute Gasteiger partial charge is 0.497 e. The van der Waals surface area contributed by atoms with Gasteiger partial charge in [-0.2, -0.15) is 0 Å². The van der Waals surface area contributed by atoms with Crippen molar-refractivity contribution in [1.29, 1.82) is 0 Å². The molecule has 2 aromatic carbocycles. The van der Waals surface area contributed by atoms with Gasteiger partial charge >= 0.3 is 6.09 Å². The van der Waals surface area contributed by atoms with Gasteiger partial charge in [-0.15, -0.1) is 0 Å². The van der Waals surface area contributed by atoms with Crippen molar-refractivity contribution in [3.63, 3.8) is 0 Å². The van der Waals surface area contributed by atoms with Crippen LogP contribution < -0.4 is 25.1 Å². The van der Waals surface area contributed by atoms with Crippen molar-refractivity contribution in [3.8, 4) is 33.5 Å². The van der Waals surface area contributed by atoms with Crippen LogP contribution in [0.15, 0.2) is 58.7 Å². The van der Waals surface area contributed by atoms with E-state index < -0.39 is 6.09 Å². The van der Waals surface area contributed by atoms with Gasteiger partial charge in [0.05, 0.1) is 30.5 Å².